The SMILES string of the molecule is CCN(Cc1ccccc1)C(=O)COc1ccc([N+](=O)[O-])cc1C=O. The maximum atomic E-state index is 12.3. The molecule has 130 valence electrons. The largest absolute Gasteiger partial charge is 0.483 e. The average Bonchev–Trinajstić information content (AvgIpc) is 2.64. The first-order valence-electron chi connectivity index (χ1n) is 7.73. The number of hydrogen-bond acceptors (Lipinski definition) is 5. The molecule has 7 heteroatoms. The van der Waals surface area contributed by atoms with Gasteiger partial charge in [-0.2, -0.15) is 0 Å². The molecule has 0 aromatic heterocycles. The summed E-state index contributed by atoms with van der Waals surface area (Å²) in [5, 5.41) is 10.7. The van der Waals surface area contributed by atoms with Crippen molar-refractivity contribution in [2.45, 2.75) is 13.5 Å². The number of aldehydes is 1. The number of nitro groups is 1. The number of rotatable bonds is 8. The van der Waals surface area contributed by atoms with Crippen LogP contribution in [0.15, 0.2) is 48.5 Å². The van der Waals surface area contributed by atoms with Crippen molar-refractivity contribution in [1.82, 2.24) is 4.90 Å². The Kier molecular flexibility index (Phi) is 6.22. The minimum absolute atomic E-state index is 0.0353. The van der Waals surface area contributed by atoms with Crippen molar-refractivity contribution in [2.24, 2.45) is 0 Å². The van der Waals surface area contributed by atoms with Crippen LogP contribution >= 0.6 is 0 Å². The van der Waals surface area contributed by atoms with E-state index in [4.69, 9.17) is 4.74 Å². The van der Waals surface area contributed by atoms with Crippen LogP contribution in [0.1, 0.15) is 22.8 Å². The summed E-state index contributed by atoms with van der Waals surface area (Å²) >= 11 is 0. The number of carbonyl (C=O) groups excluding carboxylic acids is 2. The fraction of sp³-hybridized carbons (Fsp3) is 0.222. The first kappa shape index (κ1) is 18.1. The van der Waals surface area contributed by atoms with Gasteiger partial charge in [0.05, 0.1) is 10.5 Å². The van der Waals surface area contributed by atoms with E-state index in [-0.39, 0.29) is 29.5 Å². The van der Waals surface area contributed by atoms with Gasteiger partial charge in [0.25, 0.3) is 11.6 Å². The second-order valence-corrected chi connectivity index (χ2v) is 5.28. The summed E-state index contributed by atoms with van der Waals surface area (Å²) in [6, 6.07) is 13.2. The molecule has 0 radical (unpaired) electrons. The highest BCUT2D eigenvalue weighted by Crippen LogP contribution is 2.22. The van der Waals surface area contributed by atoms with E-state index < -0.39 is 4.92 Å². The minimum atomic E-state index is -0.597. The molecule has 2 rings (SSSR count). The van der Waals surface area contributed by atoms with Crippen molar-refractivity contribution in [3.63, 3.8) is 0 Å². The first-order valence-corrected chi connectivity index (χ1v) is 7.73. The third kappa shape index (κ3) is 4.87. The molecule has 2 aromatic carbocycles. The Morgan fingerprint density at radius 3 is 2.56 bits per heavy atom. The molecule has 0 aliphatic heterocycles. The zero-order chi connectivity index (χ0) is 18.2. The number of carbonyl (C=O) groups is 2. The molecule has 2 aromatic rings. The summed E-state index contributed by atoms with van der Waals surface area (Å²) in [4.78, 5) is 35.2. The van der Waals surface area contributed by atoms with Crippen LogP contribution in [0.2, 0.25) is 0 Å². The summed E-state index contributed by atoms with van der Waals surface area (Å²) in [6.07, 6.45) is 0.467. The van der Waals surface area contributed by atoms with Crippen LogP contribution in [0.3, 0.4) is 0 Å². The van der Waals surface area contributed by atoms with E-state index >= 15 is 0 Å². The van der Waals surface area contributed by atoms with E-state index in [0.29, 0.717) is 19.4 Å². The molecule has 0 atom stereocenters. The van der Waals surface area contributed by atoms with Crippen LogP contribution in [0.4, 0.5) is 5.69 Å². The fourth-order valence-corrected chi connectivity index (χ4v) is 2.28. The summed E-state index contributed by atoms with van der Waals surface area (Å²) < 4.78 is 5.40. The van der Waals surface area contributed by atoms with Crippen LogP contribution in [-0.2, 0) is 11.3 Å². The van der Waals surface area contributed by atoms with Gasteiger partial charge >= 0.3 is 0 Å². The Balaban J connectivity index is 2.03. The summed E-state index contributed by atoms with van der Waals surface area (Å²) in [5.74, 6) is -0.0914. The molecule has 0 unspecified atom stereocenters. The summed E-state index contributed by atoms with van der Waals surface area (Å²) in [7, 11) is 0. The number of ether oxygens (including phenoxy) is 1. The third-order valence-electron chi connectivity index (χ3n) is 3.63. The van der Waals surface area contributed by atoms with Gasteiger partial charge in [0, 0.05) is 25.2 Å². The van der Waals surface area contributed by atoms with Gasteiger partial charge in [-0.3, -0.25) is 19.7 Å². The van der Waals surface area contributed by atoms with E-state index in [1.165, 1.54) is 12.1 Å². The standard InChI is InChI=1S/C18H18N2O5/c1-2-19(11-14-6-4-3-5-7-14)18(22)13-25-17-9-8-16(20(23)24)10-15(17)12-21/h3-10,12H,2,11,13H2,1H3. The smallest absolute Gasteiger partial charge is 0.270 e. The number of amides is 1. The molecule has 0 saturated heterocycles. The fourth-order valence-electron chi connectivity index (χ4n) is 2.28. The molecule has 0 heterocycles. The van der Waals surface area contributed by atoms with Gasteiger partial charge in [-0.1, -0.05) is 30.3 Å². The first-order chi connectivity index (χ1) is 12.0. The Bertz CT molecular complexity index is 761. The van der Waals surface area contributed by atoms with Crippen LogP contribution < -0.4 is 4.74 Å². The second kappa shape index (κ2) is 8.58. The molecule has 0 fully saturated rings. The highest BCUT2D eigenvalue weighted by molar-refractivity contribution is 5.82. The van der Waals surface area contributed by atoms with Gasteiger partial charge in [0.15, 0.2) is 12.9 Å². The molecule has 0 aliphatic rings. The number of nitrogens with zero attached hydrogens (tertiary/aromatic N) is 2. The van der Waals surface area contributed by atoms with E-state index in [0.717, 1.165) is 11.6 Å². The highest BCUT2D eigenvalue weighted by Gasteiger charge is 2.16. The molecule has 0 bridgehead atoms. The molecule has 25 heavy (non-hydrogen) atoms. The Morgan fingerprint density at radius 1 is 1.24 bits per heavy atom. The Morgan fingerprint density at radius 2 is 1.96 bits per heavy atom. The zero-order valence-electron chi connectivity index (χ0n) is 13.8. The van der Waals surface area contributed by atoms with Crippen molar-refractivity contribution in [1.29, 1.82) is 0 Å². The zero-order valence-corrected chi connectivity index (χ0v) is 13.8. The highest BCUT2D eigenvalue weighted by atomic mass is 16.6. The number of likely N-dealkylation sites (N-methyl/N-ethyl adjacent to an activating group) is 1. The summed E-state index contributed by atoms with van der Waals surface area (Å²) in [6.45, 7) is 2.58. The molecule has 0 saturated carbocycles. The number of non-ortho nitro benzene ring substituents is 1. The lowest BCUT2D eigenvalue weighted by molar-refractivity contribution is -0.384. The third-order valence-corrected chi connectivity index (χ3v) is 3.63. The maximum Gasteiger partial charge on any atom is 0.270 e. The van der Waals surface area contributed by atoms with E-state index in [1.54, 1.807) is 4.90 Å². The lowest BCUT2D eigenvalue weighted by Gasteiger charge is -2.21. The summed E-state index contributed by atoms with van der Waals surface area (Å²) in [5.41, 5.74) is 0.828. The van der Waals surface area contributed by atoms with Crippen LogP contribution in [0.5, 0.6) is 5.75 Å². The normalized spacial score (nSPS) is 10.1. The van der Waals surface area contributed by atoms with Gasteiger partial charge in [-0.15, -0.1) is 0 Å². The van der Waals surface area contributed by atoms with Crippen LogP contribution in [0.25, 0.3) is 0 Å². The van der Waals surface area contributed by atoms with Crippen LogP contribution in [0, 0.1) is 10.1 Å². The number of benzene rings is 2. The molecule has 7 nitrogen and oxygen atoms in total. The van der Waals surface area contributed by atoms with Gasteiger partial charge in [0.1, 0.15) is 5.75 Å². The Hall–Kier alpha value is -3.22. The minimum Gasteiger partial charge on any atom is -0.483 e. The van der Waals surface area contributed by atoms with Crippen molar-refractivity contribution >= 4 is 17.9 Å². The van der Waals surface area contributed by atoms with Crippen molar-refractivity contribution in [3.8, 4) is 5.75 Å². The van der Waals surface area contributed by atoms with Gasteiger partial charge < -0.3 is 9.64 Å². The lowest BCUT2D eigenvalue weighted by atomic mass is 10.2. The van der Waals surface area contributed by atoms with Gasteiger partial charge in [-0.25, -0.2) is 0 Å². The lowest BCUT2D eigenvalue weighted by Crippen LogP contribution is -2.34. The molecular weight excluding hydrogens is 324 g/mol. The van der Waals surface area contributed by atoms with E-state index in [2.05, 4.69) is 0 Å². The van der Waals surface area contributed by atoms with E-state index in [9.17, 15) is 19.7 Å². The molecule has 0 aliphatic carbocycles. The van der Waals surface area contributed by atoms with Gasteiger partial charge in [-0.05, 0) is 18.6 Å². The molecule has 0 spiro atoms. The topological polar surface area (TPSA) is 89.8 Å². The molecule has 1 amide bonds. The number of hydrogen-bond donors (Lipinski definition) is 0. The van der Waals surface area contributed by atoms with Crippen molar-refractivity contribution < 1.29 is 19.2 Å². The van der Waals surface area contributed by atoms with E-state index in [1.807, 2.05) is 37.3 Å². The Labute approximate surface area is 145 Å². The van der Waals surface area contributed by atoms with Crippen molar-refractivity contribution in [3.05, 3.63) is 69.8 Å². The number of nitro benzene ring substituents is 1. The average molecular weight is 342 g/mol. The molecular formula is C18H18N2O5. The maximum absolute atomic E-state index is 12.3. The predicted octanol–water partition coefficient (Wildman–Crippen LogP) is 2.83. The molecule has 0 N–H and O–H groups in total. The van der Waals surface area contributed by atoms with Gasteiger partial charge in [0.2, 0.25) is 0 Å². The predicted molar refractivity (Wildman–Crippen MR) is 91.5 cm³/mol. The second-order valence-electron chi connectivity index (χ2n) is 5.28. The van der Waals surface area contributed by atoms with Crippen molar-refractivity contribution in [2.75, 3.05) is 13.2 Å². The quantitative estimate of drug-likeness (QED) is 0.418. The van der Waals surface area contributed by atoms with Crippen LogP contribution in [-0.4, -0.2) is 35.2 Å². The monoisotopic (exact) mass is 342 g/mol.